The second-order valence-corrected chi connectivity index (χ2v) is 7.36. The molecule has 1 aromatic carbocycles. The van der Waals surface area contributed by atoms with Crippen molar-refractivity contribution in [3.05, 3.63) is 51.2 Å². The molecule has 0 bridgehead atoms. The molecule has 0 aliphatic carbocycles. The van der Waals surface area contributed by atoms with Crippen LogP contribution in [0.4, 0.5) is 5.69 Å². The lowest BCUT2D eigenvalue weighted by Gasteiger charge is -2.24. The Balaban J connectivity index is 1.80. The van der Waals surface area contributed by atoms with Crippen LogP contribution in [0.2, 0.25) is 0 Å². The van der Waals surface area contributed by atoms with Crippen molar-refractivity contribution in [1.29, 1.82) is 0 Å². The first-order valence-corrected chi connectivity index (χ1v) is 9.26. The van der Waals surface area contributed by atoms with Crippen molar-refractivity contribution < 1.29 is 19.5 Å². The fourth-order valence-electron chi connectivity index (χ4n) is 3.26. The highest BCUT2D eigenvalue weighted by Gasteiger charge is 2.35. The minimum absolute atomic E-state index is 0.135. The number of carboxylic acid groups (broad SMARTS) is 1. The van der Waals surface area contributed by atoms with Gasteiger partial charge in [0.15, 0.2) is 0 Å². The standard InChI is InChI=1S/C19H20N2O4S/c1-11-9-12(2)14(10-13(11)19(24)25)20-17(22)15-5-3-7-21(15)18(23)16-6-4-8-26-16/h4,6,8-10,15H,3,5,7H2,1-2H3,(H,20,22)(H,24,25). The molecule has 1 aliphatic heterocycles. The highest BCUT2D eigenvalue weighted by atomic mass is 32.1. The smallest absolute Gasteiger partial charge is 0.336 e. The third kappa shape index (κ3) is 3.48. The van der Waals surface area contributed by atoms with Crippen molar-refractivity contribution in [1.82, 2.24) is 4.90 Å². The Morgan fingerprint density at radius 3 is 2.65 bits per heavy atom. The molecule has 1 aromatic heterocycles. The van der Waals surface area contributed by atoms with Gasteiger partial charge in [-0.3, -0.25) is 9.59 Å². The number of aromatic carboxylic acids is 1. The molecule has 2 aromatic rings. The molecule has 6 nitrogen and oxygen atoms in total. The molecule has 2 N–H and O–H groups in total. The van der Waals surface area contributed by atoms with Crippen molar-refractivity contribution in [2.75, 3.05) is 11.9 Å². The predicted molar refractivity (Wildman–Crippen MR) is 99.9 cm³/mol. The zero-order valence-corrected chi connectivity index (χ0v) is 15.4. The van der Waals surface area contributed by atoms with Gasteiger partial charge in [0.05, 0.1) is 10.4 Å². The lowest BCUT2D eigenvalue weighted by Crippen LogP contribution is -2.43. The summed E-state index contributed by atoms with van der Waals surface area (Å²) in [6.07, 6.45) is 1.36. The molecule has 1 aliphatic rings. The molecule has 26 heavy (non-hydrogen) atoms. The fourth-order valence-corrected chi connectivity index (χ4v) is 3.94. The number of nitrogens with zero attached hydrogens (tertiary/aromatic N) is 1. The van der Waals surface area contributed by atoms with E-state index < -0.39 is 12.0 Å². The summed E-state index contributed by atoms with van der Waals surface area (Å²) in [5.74, 6) is -1.45. The molecular formula is C19H20N2O4S. The number of amides is 2. The third-order valence-electron chi connectivity index (χ3n) is 4.61. The van der Waals surface area contributed by atoms with Gasteiger partial charge >= 0.3 is 5.97 Å². The Kier molecular flexibility index (Phi) is 5.08. The third-order valence-corrected chi connectivity index (χ3v) is 5.47. The lowest BCUT2D eigenvalue weighted by molar-refractivity contribution is -0.119. The Morgan fingerprint density at radius 1 is 1.23 bits per heavy atom. The van der Waals surface area contributed by atoms with E-state index in [9.17, 15) is 19.5 Å². The normalized spacial score (nSPS) is 16.5. The van der Waals surface area contributed by atoms with Crippen molar-refractivity contribution in [2.24, 2.45) is 0 Å². The number of likely N-dealkylation sites (tertiary alicyclic amines) is 1. The van der Waals surface area contributed by atoms with E-state index in [1.165, 1.54) is 17.4 Å². The molecule has 1 unspecified atom stereocenters. The van der Waals surface area contributed by atoms with E-state index in [2.05, 4.69) is 5.32 Å². The maximum atomic E-state index is 12.8. The number of carboxylic acids is 1. The van der Waals surface area contributed by atoms with Crippen LogP contribution in [0.3, 0.4) is 0 Å². The average Bonchev–Trinajstić information content (AvgIpc) is 3.27. The zero-order chi connectivity index (χ0) is 18.8. The Labute approximate surface area is 155 Å². The largest absolute Gasteiger partial charge is 0.478 e. The first-order valence-electron chi connectivity index (χ1n) is 8.38. The number of hydrogen-bond acceptors (Lipinski definition) is 4. The van der Waals surface area contributed by atoms with Gasteiger partial charge in [-0.1, -0.05) is 12.1 Å². The van der Waals surface area contributed by atoms with Gasteiger partial charge < -0.3 is 15.3 Å². The number of carbonyl (C=O) groups is 3. The average molecular weight is 372 g/mol. The van der Waals surface area contributed by atoms with Gasteiger partial charge in [0.2, 0.25) is 5.91 Å². The minimum atomic E-state index is -1.03. The van der Waals surface area contributed by atoms with E-state index in [4.69, 9.17) is 0 Å². The number of benzene rings is 1. The highest BCUT2D eigenvalue weighted by molar-refractivity contribution is 7.12. The maximum absolute atomic E-state index is 12.8. The molecule has 0 spiro atoms. The summed E-state index contributed by atoms with van der Waals surface area (Å²) < 4.78 is 0. The molecule has 7 heteroatoms. The highest BCUT2D eigenvalue weighted by Crippen LogP contribution is 2.25. The van der Waals surface area contributed by atoms with E-state index in [0.717, 1.165) is 12.0 Å². The zero-order valence-electron chi connectivity index (χ0n) is 14.6. The number of rotatable bonds is 4. The summed E-state index contributed by atoms with van der Waals surface area (Å²) in [6, 6.07) is 6.24. The molecule has 1 fully saturated rings. The van der Waals surface area contributed by atoms with Crippen molar-refractivity contribution in [3.63, 3.8) is 0 Å². The quantitative estimate of drug-likeness (QED) is 0.862. The van der Waals surface area contributed by atoms with E-state index in [1.807, 2.05) is 18.4 Å². The number of carbonyl (C=O) groups excluding carboxylic acids is 2. The van der Waals surface area contributed by atoms with Gasteiger partial charge in [-0.2, -0.15) is 0 Å². The lowest BCUT2D eigenvalue weighted by atomic mass is 10.0. The number of aryl methyl sites for hydroxylation is 2. The van der Waals surface area contributed by atoms with Crippen LogP contribution in [-0.4, -0.2) is 40.4 Å². The van der Waals surface area contributed by atoms with E-state index in [1.54, 1.807) is 24.0 Å². The van der Waals surface area contributed by atoms with Gasteiger partial charge in [-0.25, -0.2) is 4.79 Å². The summed E-state index contributed by atoms with van der Waals surface area (Å²) in [7, 11) is 0. The summed E-state index contributed by atoms with van der Waals surface area (Å²) in [5, 5.41) is 13.9. The van der Waals surface area contributed by atoms with Crippen LogP contribution in [0.5, 0.6) is 0 Å². The van der Waals surface area contributed by atoms with Crippen LogP contribution in [-0.2, 0) is 4.79 Å². The van der Waals surface area contributed by atoms with Crippen LogP contribution in [0, 0.1) is 13.8 Å². The second-order valence-electron chi connectivity index (χ2n) is 6.41. The van der Waals surface area contributed by atoms with Gasteiger partial charge in [-0.15, -0.1) is 11.3 Å². The van der Waals surface area contributed by atoms with Gasteiger partial charge in [0.25, 0.3) is 5.91 Å². The summed E-state index contributed by atoms with van der Waals surface area (Å²) >= 11 is 1.36. The van der Waals surface area contributed by atoms with Crippen LogP contribution >= 0.6 is 11.3 Å². The van der Waals surface area contributed by atoms with Crippen molar-refractivity contribution in [3.8, 4) is 0 Å². The van der Waals surface area contributed by atoms with Gasteiger partial charge in [-0.05, 0) is 55.3 Å². The van der Waals surface area contributed by atoms with Crippen molar-refractivity contribution in [2.45, 2.75) is 32.7 Å². The molecule has 2 amide bonds. The molecule has 1 atom stereocenters. The van der Waals surface area contributed by atoms with Crippen LogP contribution < -0.4 is 5.32 Å². The number of nitrogens with one attached hydrogen (secondary N) is 1. The van der Waals surface area contributed by atoms with Crippen LogP contribution in [0.1, 0.15) is 44.0 Å². The topological polar surface area (TPSA) is 86.7 Å². The van der Waals surface area contributed by atoms with Crippen LogP contribution in [0.15, 0.2) is 29.6 Å². The first-order chi connectivity index (χ1) is 12.4. The molecule has 2 heterocycles. The predicted octanol–water partition coefficient (Wildman–Crippen LogP) is 3.31. The summed E-state index contributed by atoms with van der Waals surface area (Å²) in [4.78, 5) is 38.9. The fraction of sp³-hybridized carbons (Fsp3) is 0.316. The second kappa shape index (κ2) is 7.29. The number of thiophene rings is 1. The Bertz CT molecular complexity index is 861. The number of hydrogen-bond donors (Lipinski definition) is 2. The molecule has 1 saturated heterocycles. The summed E-state index contributed by atoms with van der Waals surface area (Å²) in [5.41, 5.74) is 2.05. The van der Waals surface area contributed by atoms with E-state index in [-0.39, 0.29) is 17.4 Å². The van der Waals surface area contributed by atoms with Gasteiger partial charge in [0.1, 0.15) is 6.04 Å². The molecule has 0 radical (unpaired) electrons. The molecular weight excluding hydrogens is 352 g/mol. The molecule has 3 rings (SSSR count). The van der Waals surface area contributed by atoms with Crippen molar-refractivity contribution >= 4 is 34.8 Å². The van der Waals surface area contributed by atoms with E-state index in [0.29, 0.717) is 29.1 Å². The van der Waals surface area contributed by atoms with E-state index >= 15 is 0 Å². The monoisotopic (exact) mass is 372 g/mol. The minimum Gasteiger partial charge on any atom is -0.478 e. The first kappa shape index (κ1) is 18.1. The van der Waals surface area contributed by atoms with Gasteiger partial charge in [0, 0.05) is 12.2 Å². The molecule has 0 saturated carbocycles. The number of anilines is 1. The summed E-state index contributed by atoms with van der Waals surface area (Å²) in [6.45, 7) is 4.08. The Hall–Kier alpha value is -2.67. The SMILES string of the molecule is Cc1cc(C)c(C(=O)O)cc1NC(=O)C1CCCN1C(=O)c1cccs1. The Morgan fingerprint density at radius 2 is 2.00 bits per heavy atom. The maximum Gasteiger partial charge on any atom is 0.336 e. The molecule has 136 valence electrons. The van der Waals surface area contributed by atoms with Crippen LogP contribution in [0.25, 0.3) is 0 Å².